The maximum atomic E-state index is 12.2. The summed E-state index contributed by atoms with van der Waals surface area (Å²) in [5.41, 5.74) is 0. The molecule has 1 unspecified atom stereocenters. The van der Waals surface area contributed by atoms with Crippen LogP contribution in [0.3, 0.4) is 0 Å². The smallest absolute Gasteiger partial charge is 0.246 e. The largest absolute Gasteiger partial charge is 0.329 e. The van der Waals surface area contributed by atoms with Crippen molar-refractivity contribution in [2.75, 3.05) is 13.1 Å². The Morgan fingerprint density at radius 3 is 2.62 bits per heavy atom. The van der Waals surface area contributed by atoms with Crippen molar-refractivity contribution in [3.8, 4) is 0 Å². The minimum Gasteiger partial charge on any atom is -0.329 e. The Kier molecular flexibility index (Phi) is 3.17. The summed E-state index contributed by atoms with van der Waals surface area (Å²) in [6, 6.07) is 0.0843. The normalized spacial score (nSPS) is 25.6. The Hall–Kier alpha value is -1.06. The van der Waals surface area contributed by atoms with Crippen molar-refractivity contribution >= 4 is 11.8 Å². The highest BCUT2D eigenvalue weighted by atomic mass is 16.2. The minimum atomic E-state index is -0.151. The van der Waals surface area contributed by atoms with Crippen LogP contribution in [0.5, 0.6) is 0 Å². The summed E-state index contributed by atoms with van der Waals surface area (Å²) >= 11 is 0. The van der Waals surface area contributed by atoms with Crippen LogP contribution in [0.15, 0.2) is 0 Å². The van der Waals surface area contributed by atoms with Gasteiger partial charge >= 0.3 is 0 Å². The molecule has 2 fully saturated rings. The van der Waals surface area contributed by atoms with Crippen LogP contribution >= 0.6 is 0 Å². The van der Waals surface area contributed by atoms with Crippen molar-refractivity contribution in [2.24, 2.45) is 0 Å². The zero-order chi connectivity index (χ0) is 11.7. The van der Waals surface area contributed by atoms with E-state index >= 15 is 0 Å². The lowest BCUT2D eigenvalue weighted by atomic mass is 10.0. The summed E-state index contributed by atoms with van der Waals surface area (Å²) in [5.74, 6) is 0.305. The lowest BCUT2D eigenvalue weighted by molar-refractivity contribution is -0.156. The number of fused-ring (bicyclic) bond motifs is 1. The predicted octanol–water partition coefficient (Wildman–Crippen LogP) is 1.01. The molecule has 0 radical (unpaired) electrons. The molecule has 2 aliphatic rings. The minimum absolute atomic E-state index is 0.133. The second-order valence-corrected chi connectivity index (χ2v) is 4.68. The summed E-state index contributed by atoms with van der Waals surface area (Å²) in [6.07, 6.45) is 3.69. The van der Waals surface area contributed by atoms with Crippen molar-refractivity contribution in [2.45, 2.75) is 51.6 Å². The summed E-state index contributed by atoms with van der Waals surface area (Å²) in [6.45, 7) is 5.22. The van der Waals surface area contributed by atoms with Gasteiger partial charge in [-0.1, -0.05) is 13.8 Å². The number of hydrogen-bond donors (Lipinski definition) is 0. The summed E-state index contributed by atoms with van der Waals surface area (Å²) < 4.78 is 0. The first-order valence-corrected chi connectivity index (χ1v) is 6.29. The maximum absolute atomic E-state index is 12.2. The molecule has 16 heavy (non-hydrogen) atoms. The first-order chi connectivity index (χ1) is 7.69. The van der Waals surface area contributed by atoms with Crippen LogP contribution in [-0.4, -0.2) is 46.8 Å². The number of carbonyl (C=O) groups excluding carboxylic acids is 2. The van der Waals surface area contributed by atoms with Crippen molar-refractivity contribution in [3.05, 3.63) is 0 Å². The van der Waals surface area contributed by atoms with Gasteiger partial charge in [-0.15, -0.1) is 0 Å². The third-order valence-electron chi connectivity index (χ3n) is 3.83. The Morgan fingerprint density at radius 1 is 1.31 bits per heavy atom. The molecule has 2 aliphatic heterocycles. The fourth-order valence-corrected chi connectivity index (χ4v) is 2.87. The summed E-state index contributed by atoms with van der Waals surface area (Å²) in [5, 5.41) is 0. The van der Waals surface area contributed by atoms with E-state index in [1.807, 2.05) is 0 Å². The lowest BCUT2D eigenvalue weighted by Crippen LogP contribution is -2.59. The van der Waals surface area contributed by atoms with Gasteiger partial charge in [0.1, 0.15) is 12.6 Å². The van der Waals surface area contributed by atoms with Gasteiger partial charge in [-0.05, 0) is 25.7 Å². The first kappa shape index (κ1) is 11.4. The van der Waals surface area contributed by atoms with Gasteiger partial charge in [0.05, 0.1) is 0 Å². The van der Waals surface area contributed by atoms with E-state index in [1.165, 1.54) is 0 Å². The van der Waals surface area contributed by atoms with Gasteiger partial charge in [-0.2, -0.15) is 0 Å². The third-order valence-corrected chi connectivity index (χ3v) is 3.83. The Balaban J connectivity index is 2.16. The number of piperazine rings is 1. The second-order valence-electron chi connectivity index (χ2n) is 4.68. The van der Waals surface area contributed by atoms with E-state index in [0.29, 0.717) is 6.54 Å². The van der Waals surface area contributed by atoms with Crippen LogP contribution in [0.1, 0.15) is 39.5 Å². The molecular weight excluding hydrogens is 204 g/mol. The highest BCUT2D eigenvalue weighted by Crippen LogP contribution is 2.25. The molecule has 2 heterocycles. The van der Waals surface area contributed by atoms with Gasteiger partial charge in [0.25, 0.3) is 0 Å². The third kappa shape index (κ3) is 1.70. The molecule has 1 atom stereocenters. The molecule has 2 rings (SSSR count). The van der Waals surface area contributed by atoms with E-state index < -0.39 is 0 Å². The SMILES string of the molecule is CCC(CC)N1CC(=O)N2CCCC2C1=O. The second kappa shape index (κ2) is 4.44. The molecule has 0 N–H and O–H groups in total. The fourth-order valence-electron chi connectivity index (χ4n) is 2.87. The van der Waals surface area contributed by atoms with Gasteiger partial charge in [0.2, 0.25) is 11.8 Å². The van der Waals surface area contributed by atoms with E-state index in [0.717, 1.165) is 32.2 Å². The van der Waals surface area contributed by atoms with Crippen LogP contribution in [-0.2, 0) is 9.59 Å². The molecule has 0 bridgehead atoms. The Morgan fingerprint density at radius 2 is 2.00 bits per heavy atom. The van der Waals surface area contributed by atoms with Crippen LogP contribution in [0.4, 0.5) is 0 Å². The van der Waals surface area contributed by atoms with Crippen molar-refractivity contribution in [1.82, 2.24) is 9.80 Å². The molecule has 2 saturated heterocycles. The van der Waals surface area contributed by atoms with Gasteiger partial charge in [0, 0.05) is 12.6 Å². The molecule has 0 saturated carbocycles. The van der Waals surface area contributed by atoms with E-state index in [9.17, 15) is 9.59 Å². The number of rotatable bonds is 3. The average Bonchev–Trinajstić information content (AvgIpc) is 2.76. The van der Waals surface area contributed by atoms with Crippen molar-refractivity contribution in [3.63, 3.8) is 0 Å². The van der Waals surface area contributed by atoms with E-state index in [1.54, 1.807) is 9.80 Å². The summed E-state index contributed by atoms with van der Waals surface area (Å²) in [4.78, 5) is 27.7. The van der Waals surface area contributed by atoms with E-state index in [4.69, 9.17) is 0 Å². The molecule has 4 heteroatoms. The molecule has 0 aromatic carbocycles. The number of hydrogen-bond acceptors (Lipinski definition) is 2. The molecule has 0 aromatic heterocycles. The molecular formula is C12H20N2O2. The van der Waals surface area contributed by atoms with Gasteiger partial charge in [-0.25, -0.2) is 0 Å². The average molecular weight is 224 g/mol. The zero-order valence-corrected chi connectivity index (χ0v) is 10.1. The fraction of sp³-hybridized carbons (Fsp3) is 0.833. The van der Waals surface area contributed by atoms with Crippen molar-refractivity contribution in [1.29, 1.82) is 0 Å². The van der Waals surface area contributed by atoms with Gasteiger partial charge in [0.15, 0.2) is 0 Å². The molecule has 2 amide bonds. The number of nitrogens with zero attached hydrogens (tertiary/aromatic N) is 2. The quantitative estimate of drug-likeness (QED) is 0.718. The Labute approximate surface area is 96.6 Å². The van der Waals surface area contributed by atoms with Gasteiger partial charge < -0.3 is 9.80 Å². The highest BCUT2D eigenvalue weighted by Gasteiger charge is 2.43. The number of amides is 2. The molecule has 4 nitrogen and oxygen atoms in total. The standard InChI is InChI=1S/C12H20N2O2/c1-3-9(4-2)14-8-11(15)13-7-5-6-10(13)12(14)16/h9-10H,3-8H2,1-2H3. The zero-order valence-electron chi connectivity index (χ0n) is 10.1. The Bertz CT molecular complexity index is 299. The van der Waals surface area contributed by atoms with Crippen LogP contribution < -0.4 is 0 Å². The topological polar surface area (TPSA) is 40.6 Å². The molecule has 0 aromatic rings. The van der Waals surface area contributed by atoms with Crippen LogP contribution in [0.2, 0.25) is 0 Å². The van der Waals surface area contributed by atoms with Crippen molar-refractivity contribution < 1.29 is 9.59 Å². The molecule has 90 valence electrons. The molecule has 0 spiro atoms. The molecule has 0 aliphatic carbocycles. The maximum Gasteiger partial charge on any atom is 0.246 e. The predicted molar refractivity (Wildman–Crippen MR) is 60.8 cm³/mol. The first-order valence-electron chi connectivity index (χ1n) is 6.29. The van der Waals surface area contributed by atoms with Crippen LogP contribution in [0, 0.1) is 0 Å². The van der Waals surface area contributed by atoms with Crippen LogP contribution in [0.25, 0.3) is 0 Å². The van der Waals surface area contributed by atoms with E-state index in [-0.39, 0.29) is 23.9 Å². The van der Waals surface area contributed by atoms with Gasteiger partial charge in [-0.3, -0.25) is 9.59 Å². The summed E-state index contributed by atoms with van der Waals surface area (Å²) in [7, 11) is 0. The lowest BCUT2D eigenvalue weighted by Gasteiger charge is -2.40. The highest BCUT2D eigenvalue weighted by molar-refractivity contribution is 5.95. The van der Waals surface area contributed by atoms with E-state index in [2.05, 4.69) is 13.8 Å². The number of carbonyl (C=O) groups is 2. The monoisotopic (exact) mass is 224 g/mol.